The van der Waals surface area contributed by atoms with Crippen molar-refractivity contribution in [1.29, 1.82) is 0 Å². The summed E-state index contributed by atoms with van der Waals surface area (Å²) in [6, 6.07) is 4.99. The monoisotopic (exact) mass is 316 g/mol. The smallest absolute Gasteiger partial charge is 0.339 e. The minimum atomic E-state index is -0.504. The third kappa shape index (κ3) is 3.57. The second-order valence-electron chi connectivity index (χ2n) is 3.28. The minimum Gasteiger partial charge on any atom is -0.462 e. The van der Waals surface area contributed by atoms with E-state index in [4.69, 9.17) is 4.74 Å². The van der Waals surface area contributed by atoms with Crippen LogP contribution in [0.1, 0.15) is 34.1 Å². The fourth-order valence-corrected chi connectivity index (χ4v) is 2.07. The predicted octanol–water partition coefficient (Wildman–Crippen LogP) is 3.12. The summed E-state index contributed by atoms with van der Waals surface area (Å²) in [4.78, 5) is 24.1. The number of ether oxygens (including phenoxy) is 1. The molecule has 0 amide bonds. The zero-order valence-electron chi connectivity index (χ0n) is 9.40. The van der Waals surface area contributed by atoms with Crippen molar-refractivity contribution in [3.05, 3.63) is 29.3 Å². The van der Waals surface area contributed by atoms with Crippen molar-refractivity contribution in [1.82, 2.24) is 0 Å². The number of rotatable bonds is 5. The number of alkyl halides is 1. The van der Waals surface area contributed by atoms with Crippen molar-refractivity contribution in [2.75, 3.05) is 11.9 Å². The molecule has 92 valence electrons. The largest absolute Gasteiger partial charge is 0.462 e. The molecule has 1 rings (SSSR count). The number of carbonyl (C=O) groups is 2. The summed E-state index contributed by atoms with van der Waals surface area (Å²) >= 11 is 7.40. The quantitative estimate of drug-likeness (QED) is 0.393. The van der Waals surface area contributed by atoms with Crippen LogP contribution in [0.5, 0.6) is 0 Å². The van der Waals surface area contributed by atoms with Gasteiger partial charge in [0.25, 0.3) is 0 Å². The van der Waals surface area contributed by atoms with Gasteiger partial charge in [0.2, 0.25) is 0 Å². The van der Waals surface area contributed by atoms with Crippen LogP contribution in [0.2, 0.25) is 0 Å². The Bertz CT molecular complexity index is 432. The molecule has 0 aromatic heterocycles. The van der Waals surface area contributed by atoms with E-state index in [0.717, 1.165) is 0 Å². The molecule has 1 aromatic rings. The second-order valence-corrected chi connectivity index (χ2v) is 4.56. The normalized spacial score (nSPS) is 10.1. The highest BCUT2D eigenvalue weighted by Crippen LogP contribution is 2.21. The van der Waals surface area contributed by atoms with Gasteiger partial charge in [0.05, 0.1) is 12.2 Å². The van der Waals surface area contributed by atoms with Gasteiger partial charge in [0.1, 0.15) is 0 Å². The average molecular weight is 317 g/mol. The molecule has 3 nitrogen and oxygen atoms in total. The molecule has 0 saturated heterocycles. The van der Waals surface area contributed by atoms with Crippen molar-refractivity contribution in [3.8, 4) is 0 Å². The van der Waals surface area contributed by atoms with Gasteiger partial charge in [-0.3, -0.25) is 4.79 Å². The Hall–Kier alpha value is -0.810. The Morgan fingerprint density at radius 1 is 1.41 bits per heavy atom. The van der Waals surface area contributed by atoms with Gasteiger partial charge in [-0.25, -0.2) is 4.79 Å². The lowest BCUT2D eigenvalue weighted by Gasteiger charge is -2.09. The average Bonchev–Trinajstić information content (AvgIpc) is 2.29. The van der Waals surface area contributed by atoms with E-state index in [9.17, 15) is 9.59 Å². The minimum absolute atomic E-state index is 0.0965. The molecule has 0 unspecified atom stereocenters. The van der Waals surface area contributed by atoms with Crippen LogP contribution in [0.15, 0.2) is 23.1 Å². The lowest BCUT2D eigenvalue weighted by Crippen LogP contribution is -2.13. The first kappa shape index (κ1) is 14.3. The molecule has 0 heterocycles. The van der Waals surface area contributed by atoms with Gasteiger partial charge < -0.3 is 4.74 Å². The third-order valence-electron chi connectivity index (χ3n) is 2.14. The third-order valence-corrected chi connectivity index (χ3v) is 2.91. The number of esters is 1. The number of Topliss-reactive ketones (excluding diaryl/α,β-unsaturated/α-hetero) is 1. The standard InChI is InChI=1S/C12H13BrO3S/c1-2-16-12(15)11-8(9(14)6-7-13)4-3-5-10(11)17/h3-5,17H,2,6-7H2,1H3. The zero-order valence-corrected chi connectivity index (χ0v) is 11.9. The summed E-state index contributed by atoms with van der Waals surface area (Å²) in [5, 5.41) is 0.560. The number of hydrogen-bond acceptors (Lipinski definition) is 4. The van der Waals surface area contributed by atoms with Crippen LogP contribution in [-0.2, 0) is 4.74 Å². The topological polar surface area (TPSA) is 43.4 Å². The van der Waals surface area contributed by atoms with Gasteiger partial charge in [-0.1, -0.05) is 28.1 Å². The van der Waals surface area contributed by atoms with Crippen LogP contribution in [0.25, 0.3) is 0 Å². The van der Waals surface area contributed by atoms with Gasteiger partial charge in [-0.2, -0.15) is 0 Å². The van der Waals surface area contributed by atoms with Gasteiger partial charge in [-0.05, 0) is 13.0 Å². The van der Waals surface area contributed by atoms with E-state index in [1.807, 2.05) is 0 Å². The van der Waals surface area contributed by atoms with Crippen molar-refractivity contribution < 1.29 is 14.3 Å². The molecular weight excluding hydrogens is 304 g/mol. The molecule has 0 saturated carbocycles. The molecule has 0 bridgehead atoms. The van der Waals surface area contributed by atoms with E-state index >= 15 is 0 Å². The number of halogens is 1. The lowest BCUT2D eigenvalue weighted by atomic mass is 10.0. The van der Waals surface area contributed by atoms with Crippen LogP contribution >= 0.6 is 28.6 Å². The first-order valence-corrected chi connectivity index (χ1v) is 6.77. The first-order valence-electron chi connectivity index (χ1n) is 5.20. The lowest BCUT2D eigenvalue weighted by molar-refractivity contribution is 0.0519. The van der Waals surface area contributed by atoms with Crippen molar-refractivity contribution in [2.45, 2.75) is 18.2 Å². The summed E-state index contributed by atoms with van der Waals surface area (Å²) < 4.78 is 4.93. The molecule has 1 aromatic carbocycles. The van der Waals surface area contributed by atoms with Crippen LogP contribution in [0.3, 0.4) is 0 Å². The van der Waals surface area contributed by atoms with E-state index in [1.165, 1.54) is 0 Å². The van der Waals surface area contributed by atoms with Crippen molar-refractivity contribution >= 4 is 40.3 Å². The Labute approximate surface area is 114 Å². The molecular formula is C12H13BrO3S. The van der Waals surface area contributed by atoms with E-state index < -0.39 is 5.97 Å². The van der Waals surface area contributed by atoms with Crippen molar-refractivity contribution in [3.63, 3.8) is 0 Å². The predicted molar refractivity (Wildman–Crippen MR) is 72.4 cm³/mol. The Balaban J connectivity index is 3.17. The maximum atomic E-state index is 11.9. The molecule has 0 aliphatic heterocycles. The Morgan fingerprint density at radius 3 is 2.71 bits per heavy atom. The summed E-state index contributed by atoms with van der Waals surface area (Å²) in [5.41, 5.74) is 0.624. The highest BCUT2D eigenvalue weighted by atomic mass is 79.9. The van der Waals surface area contributed by atoms with Gasteiger partial charge >= 0.3 is 5.97 Å². The maximum absolute atomic E-state index is 11.9. The molecule has 0 fully saturated rings. The molecule has 0 atom stereocenters. The maximum Gasteiger partial charge on any atom is 0.339 e. The van der Waals surface area contributed by atoms with E-state index in [1.54, 1.807) is 25.1 Å². The number of benzene rings is 1. The van der Waals surface area contributed by atoms with Gasteiger partial charge in [0.15, 0.2) is 5.78 Å². The highest BCUT2D eigenvalue weighted by Gasteiger charge is 2.19. The first-order chi connectivity index (χ1) is 8.11. The number of carbonyl (C=O) groups excluding carboxylic acids is 2. The zero-order chi connectivity index (χ0) is 12.8. The van der Waals surface area contributed by atoms with Crippen LogP contribution in [-0.4, -0.2) is 23.7 Å². The number of hydrogen-bond donors (Lipinski definition) is 1. The molecule has 5 heteroatoms. The molecule has 17 heavy (non-hydrogen) atoms. The van der Waals surface area contributed by atoms with Crippen LogP contribution in [0, 0.1) is 0 Å². The summed E-state index contributed by atoms with van der Waals surface area (Å²) in [6.07, 6.45) is 0.337. The van der Waals surface area contributed by atoms with Crippen LogP contribution < -0.4 is 0 Å². The fraction of sp³-hybridized carbons (Fsp3) is 0.333. The fourth-order valence-electron chi connectivity index (χ4n) is 1.41. The molecule has 0 N–H and O–H groups in total. The Kier molecular flexibility index (Phi) is 5.71. The number of thiol groups is 1. The molecule has 0 radical (unpaired) electrons. The highest BCUT2D eigenvalue weighted by molar-refractivity contribution is 9.09. The number of ketones is 1. The summed E-state index contributed by atoms with van der Waals surface area (Å²) in [7, 11) is 0. The van der Waals surface area contributed by atoms with Gasteiger partial charge in [0, 0.05) is 22.2 Å². The van der Waals surface area contributed by atoms with Crippen LogP contribution in [0.4, 0.5) is 0 Å². The second kappa shape index (κ2) is 6.81. The van der Waals surface area contributed by atoms with E-state index in [2.05, 4.69) is 28.6 Å². The Morgan fingerprint density at radius 2 is 2.12 bits per heavy atom. The molecule has 0 aliphatic rings. The molecule has 0 spiro atoms. The van der Waals surface area contributed by atoms with Gasteiger partial charge in [-0.15, -0.1) is 12.6 Å². The van der Waals surface area contributed by atoms with E-state index in [0.29, 0.717) is 22.2 Å². The summed E-state index contributed by atoms with van der Waals surface area (Å²) in [5.74, 6) is -0.600. The molecule has 0 aliphatic carbocycles. The van der Waals surface area contributed by atoms with E-state index in [-0.39, 0.29) is 18.0 Å². The SMILES string of the molecule is CCOC(=O)c1c(S)cccc1C(=O)CCBr. The summed E-state index contributed by atoms with van der Waals surface area (Å²) in [6.45, 7) is 1.99. The van der Waals surface area contributed by atoms with Crippen molar-refractivity contribution in [2.24, 2.45) is 0 Å².